The van der Waals surface area contributed by atoms with Crippen molar-refractivity contribution >= 4 is 0 Å². The highest BCUT2D eigenvalue weighted by Gasteiger charge is 2.45. The smallest absolute Gasteiger partial charge is 0.197 e. The summed E-state index contributed by atoms with van der Waals surface area (Å²) in [7, 11) is 0. The second-order valence-corrected chi connectivity index (χ2v) is 4.79. The van der Waals surface area contributed by atoms with E-state index < -0.39 is 0 Å². The Morgan fingerprint density at radius 1 is 1.24 bits per heavy atom. The summed E-state index contributed by atoms with van der Waals surface area (Å²) >= 11 is 0. The Hall–Kier alpha value is -1.29. The predicted molar refractivity (Wildman–Crippen MR) is 62.0 cm³/mol. The van der Waals surface area contributed by atoms with Gasteiger partial charge in [-0.15, -0.1) is 0 Å². The van der Waals surface area contributed by atoms with Crippen LogP contribution in [0.15, 0.2) is 12.1 Å². The number of hydrogen-bond donors (Lipinski definition) is 1. The van der Waals surface area contributed by atoms with Gasteiger partial charge in [0.05, 0.1) is 13.2 Å². The lowest BCUT2D eigenvalue weighted by Gasteiger charge is -2.17. The van der Waals surface area contributed by atoms with Crippen LogP contribution in [0.1, 0.15) is 24.8 Å². The van der Waals surface area contributed by atoms with Crippen LogP contribution in [-0.4, -0.2) is 19.8 Å². The predicted octanol–water partition coefficient (Wildman–Crippen LogP) is 1.98. The summed E-state index contributed by atoms with van der Waals surface area (Å²) in [6.07, 6.45) is 2.70. The van der Waals surface area contributed by atoms with Crippen LogP contribution in [0.25, 0.3) is 0 Å². The Morgan fingerprint density at radius 3 is 2.71 bits per heavy atom. The zero-order valence-corrected chi connectivity index (χ0v) is 9.67. The molecule has 0 aromatic heterocycles. The van der Waals surface area contributed by atoms with Gasteiger partial charge >= 0.3 is 0 Å². The highest BCUT2D eigenvalue weighted by Crippen LogP contribution is 2.50. The largest absolute Gasteiger partial charge is 0.489 e. The summed E-state index contributed by atoms with van der Waals surface area (Å²) < 4.78 is 25.3. The number of benzene rings is 1. The fourth-order valence-electron chi connectivity index (χ4n) is 2.35. The number of nitrogens with two attached hydrogens (primary N) is 1. The quantitative estimate of drug-likeness (QED) is 0.855. The maximum absolute atomic E-state index is 14.4. The molecule has 0 spiro atoms. The first-order valence-corrected chi connectivity index (χ1v) is 6.05. The molecule has 0 bridgehead atoms. The van der Waals surface area contributed by atoms with Crippen LogP contribution in [0, 0.1) is 5.82 Å². The van der Waals surface area contributed by atoms with Crippen molar-refractivity contribution in [2.24, 2.45) is 5.73 Å². The van der Waals surface area contributed by atoms with E-state index in [1.165, 1.54) is 0 Å². The molecule has 1 fully saturated rings. The number of hydrogen-bond acceptors (Lipinski definition) is 3. The van der Waals surface area contributed by atoms with Crippen molar-refractivity contribution < 1.29 is 13.9 Å². The van der Waals surface area contributed by atoms with Gasteiger partial charge in [0.2, 0.25) is 0 Å². The summed E-state index contributed by atoms with van der Waals surface area (Å²) in [6, 6.07) is 3.59. The van der Waals surface area contributed by atoms with Gasteiger partial charge in [0.25, 0.3) is 0 Å². The van der Waals surface area contributed by atoms with E-state index in [-0.39, 0.29) is 17.0 Å². The highest BCUT2D eigenvalue weighted by molar-refractivity contribution is 5.49. The molecular formula is C13H16FNO2. The van der Waals surface area contributed by atoms with Crippen LogP contribution >= 0.6 is 0 Å². The van der Waals surface area contributed by atoms with Gasteiger partial charge in [-0.2, -0.15) is 0 Å². The first-order chi connectivity index (χ1) is 8.27. The molecule has 0 saturated heterocycles. The maximum atomic E-state index is 14.4. The number of ether oxygens (including phenoxy) is 2. The average Bonchev–Trinajstić information content (AvgIpc) is 3.13. The summed E-state index contributed by atoms with van der Waals surface area (Å²) in [6.45, 7) is 1.57. The van der Waals surface area contributed by atoms with E-state index in [0.717, 1.165) is 19.3 Å². The Kier molecular flexibility index (Phi) is 2.47. The lowest BCUT2D eigenvalue weighted by molar-refractivity contribution is 0.291. The minimum Gasteiger partial charge on any atom is -0.489 e. The first-order valence-electron chi connectivity index (χ1n) is 6.05. The first kappa shape index (κ1) is 10.8. The molecule has 4 heteroatoms. The van der Waals surface area contributed by atoms with Gasteiger partial charge in [-0.1, -0.05) is 6.07 Å². The molecule has 3 rings (SSSR count). The van der Waals surface area contributed by atoms with E-state index in [1.54, 1.807) is 12.1 Å². The average molecular weight is 237 g/mol. The third kappa shape index (κ3) is 1.67. The molecule has 1 heterocycles. The molecule has 2 aliphatic rings. The minimum absolute atomic E-state index is 0.158. The zero-order chi connectivity index (χ0) is 11.9. The fourth-order valence-corrected chi connectivity index (χ4v) is 2.35. The Bertz CT molecular complexity index is 443. The Balaban J connectivity index is 2.05. The fraction of sp³-hybridized carbons (Fsp3) is 0.538. The number of rotatable bonds is 2. The summed E-state index contributed by atoms with van der Waals surface area (Å²) in [5.41, 5.74) is 6.26. The number of halogens is 1. The molecule has 1 saturated carbocycles. The van der Waals surface area contributed by atoms with Gasteiger partial charge in [-0.3, -0.25) is 0 Å². The molecule has 92 valence electrons. The molecule has 0 unspecified atom stereocenters. The summed E-state index contributed by atoms with van der Waals surface area (Å²) in [5.74, 6) is 0.489. The standard InChI is InChI=1S/C13H16FNO2/c14-11-9(13(8-15)4-5-13)2-3-10-12(11)17-7-1-6-16-10/h2-3H,1,4-8,15H2. The molecule has 3 nitrogen and oxygen atoms in total. The van der Waals surface area contributed by atoms with Crippen molar-refractivity contribution in [2.45, 2.75) is 24.7 Å². The Morgan fingerprint density at radius 2 is 2.00 bits per heavy atom. The lowest BCUT2D eigenvalue weighted by atomic mass is 9.95. The second-order valence-electron chi connectivity index (χ2n) is 4.79. The zero-order valence-electron chi connectivity index (χ0n) is 9.67. The molecule has 1 aromatic carbocycles. The molecule has 1 aromatic rings. The molecule has 17 heavy (non-hydrogen) atoms. The van der Waals surface area contributed by atoms with Crippen molar-refractivity contribution in [1.82, 2.24) is 0 Å². The topological polar surface area (TPSA) is 44.5 Å². The highest BCUT2D eigenvalue weighted by atomic mass is 19.1. The van der Waals surface area contributed by atoms with Crippen molar-refractivity contribution in [2.75, 3.05) is 19.8 Å². The molecule has 0 atom stereocenters. The number of fused-ring (bicyclic) bond motifs is 1. The Labute approximate surface area is 99.7 Å². The van der Waals surface area contributed by atoms with E-state index in [9.17, 15) is 4.39 Å². The van der Waals surface area contributed by atoms with Crippen LogP contribution in [0.3, 0.4) is 0 Å². The van der Waals surface area contributed by atoms with E-state index in [2.05, 4.69) is 0 Å². The molecule has 1 aliphatic heterocycles. The van der Waals surface area contributed by atoms with Gasteiger partial charge in [0.1, 0.15) is 0 Å². The third-order valence-electron chi connectivity index (χ3n) is 3.67. The molecular weight excluding hydrogens is 221 g/mol. The maximum Gasteiger partial charge on any atom is 0.197 e. The van der Waals surface area contributed by atoms with E-state index in [0.29, 0.717) is 31.1 Å². The van der Waals surface area contributed by atoms with E-state index >= 15 is 0 Å². The molecule has 2 N–H and O–H groups in total. The van der Waals surface area contributed by atoms with E-state index in [1.807, 2.05) is 0 Å². The van der Waals surface area contributed by atoms with Gasteiger partial charge in [0, 0.05) is 18.4 Å². The molecule has 0 radical (unpaired) electrons. The van der Waals surface area contributed by atoms with Gasteiger partial charge in [-0.05, 0) is 24.5 Å². The van der Waals surface area contributed by atoms with Crippen LogP contribution in [0.4, 0.5) is 4.39 Å². The van der Waals surface area contributed by atoms with Gasteiger partial charge in [0.15, 0.2) is 17.3 Å². The normalized spacial score (nSPS) is 20.8. The monoisotopic (exact) mass is 237 g/mol. The summed E-state index contributed by atoms with van der Waals surface area (Å²) in [4.78, 5) is 0. The van der Waals surface area contributed by atoms with Crippen LogP contribution in [0.2, 0.25) is 0 Å². The van der Waals surface area contributed by atoms with Gasteiger partial charge in [-0.25, -0.2) is 4.39 Å². The van der Waals surface area contributed by atoms with Crippen molar-refractivity contribution in [1.29, 1.82) is 0 Å². The van der Waals surface area contributed by atoms with Gasteiger partial charge < -0.3 is 15.2 Å². The third-order valence-corrected chi connectivity index (χ3v) is 3.67. The van der Waals surface area contributed by atoms with Crippen molar-refractivity contribution in [3.63, 3.8) is 0 Å². The van der Waals surface area contributed by atoms with Crippen LogP contribution in [-0.2, 0) is 5.41 Å². The van der Waals surface area contributed by atoms with E-state index in [4.69, 9.17) is 15.2 Å². The minimum atomic E-state index is -0.285. The summed E-state index contributed by atoms with van der Waals surface area (Å²) in [5, 5.41) is 0. The van der Waals surface area contributed by atoms with Crippen LogP contribution < -0.4 is 15.2 Å². The van der Waals surface area contributed by atoms with Crippen molar-refractivity contribution in [3.05, 3.63) is 23.5 Å². The SMILES string of the molecule is NCC1(c2ccc3c(c2F)OCCCO3)CC1. The molecule has 1 aliphatic carbocycles. The van der Waals surface area contributed by atoms with Crippen molar-refractivity contribution in [3.8, 4) is 11.5 Å². The second kappa shape index (κ2) is 3.88. The lowest BCUT2D eigenvalue weighted by Crippen LogP contribution is -2.21. The van der Waals surface area contributed by atoms with Crippen LogP contribution in [0.5, 0.6) is 11.5 Å². The molecule has 0 amide bonds.